The van der Waals surface area contributed by atoms with Crippen molar-refractivity contribution in [1.82, 2.24) is 0 Å². The second-order valence-corrected chi connectivity index (χ2v) is 5.07. The maximum Gasteiger partial charge on any atom is 0.256 e. The summed E-state index contributed by atoms with van der Waals surface area (Å²) in [5.41, 5.74) is 2.03. The van der Waals surface area contributed by atoms with Crippen LogP contribution in [0, 0.1) is 6.92 Å². The van der Waals surface area contributed by atoms with Crippen molar-refractivity contribution in [2.45, 2.75) is 6.92 Å². The van der Waals surface area contributed by atoms with Crippen molar-refractivity contribution in [3.05, 3.63) is 52.0 Å². The molecule has 0 aliphatic heterocycles. The molecule has 5 heteroatoms. The standard InChI is InChI=1S/C15H14BrNO3/c1-9-4-3-5-11(14(9)16)15(19)17-10-6-7-13(20-2)12(18)8-10/h3-8,18H,1-2H3,(H,17,19). The van der Waals surface area contributed by atoms with Crippen LogP contribution in [-0.2, 0) is 0 Å². The van der Waals surface area contributed by atoms with Crippen LogP contribution < -0.4 is 10.1 Å². The van der Waals surface area contributed by atoms with Crippen molar-refractivity contribution in [3.8, 4) is 11.5 Å². The van der Waals surface area contributed by atoms with E-state index < -0.39 is 0 Å². The van der Waals surface area contributed by atoms with Crippen LogP contribution in [0.4, 0.5) is 5.69 Å². The Morgan fingerprint density at radius 3 is 2.70 bits per heavy atom. The van der Waals surface area contributed by atoms with Crippen LogP contribution in [0.25, 0.3) is 0 Å². The van der Waals surface area contributed by atoms with Gasteiger partial charge in [-0.3, -0.25) is 4.79 Å². The third kappa shape index (κ3) is 2.93. The molecule has 0 fully saturated rings. The lowest BCUT2D eigenvalue weighted by molar-refractivity contribution is 0.102. The monoisotopic (exact) mass is 335 g/mol. The molecule has 2 N–H and O–H groups in total. The molecule has 104 valence electrons. The first-order chi connectivity index (χ1) is 9.52. The van der Waals surface area contributed by atoms with E-state index in [2.05, 4.69) is 21.2 Å². The first-order valence-electron chi connectivity index (χ1n) is 5.96. The number of phenols is 1. The van der Waals surface area contributed by atoms with E-state index >= 15 is 0 Å². The Labute approximate surface area is 125 Å². The summed E-state index contributed by atoms with van der Waals surface area (Å²) in [5, 5.41) is 12.4. The van der Waals surface area contributed by atoms with Crippen molar-refractivity contribution in [3.63, 3.8) is 0 Å². The molecule has 20 heavy (non-hydrogen) atoms. The number of nitrogens with one attached hydrogen (secondary N) is 1. The number of hydrogen-bond donors (Lipinski definition) is 2. The molecular weight excluding hydrogens is 322 g/mol. The number of carbonyl (C=O) groups is 1. The number of carbonyl (C=O) groups excluding carboxylic acids is 1. The second kappa shape index (κ2) is 5.96. The predicted octanol–water partition coefficient (Wildman–Crippen LogP) is 3.72. The number of rotatable bonds is 3. The number of benzene rings is 2. The van der Waals surface area contributed by atoms with Crippen LogP contribution in [-0.4, -0.2) is 18.1 Å². The number of aryl methyl sites for hydroxylation is 1. The molecule has 1 amide bonds. The smallest absolute Gasteiger partial charge is 0.256 e. The fourth-order valence-electron chi connectivity index (χ4n) is 1.79. The fourth-order valence-corrected chi connectivity index (χ4v) is 2.23. The first kappa shape index (κ1) is 14.4. The highest BCUT2D eigenvalue weighted by molar-refractivity contribution is 9.10. The maximum absolute atomic E-state index is 12.2. The van der Waals surface area contributed by atoms with Crippen molar-refractivity contribution < 1.29 is 14.6 Å². The number of amides is 1. The van der Waals surface area contributed by atoms with Gasteiger partial charge in [0.1, 0.15) is 0 Å². The lowest BCUT2D eigenvalue weighted by Gasteiger charge is -2.10. The molecule has 0 saturated carbocycles. The van der Waals surface area contributed by atoms with Crippen LogP contribution in [0.2, 0.25) is 0 Å². The molecule has 0 atom stereocenters. The summed E-state index contributed by atoms with van der Waals surface area (Å²) >= 11 is 3.40. The number of halogens is 1. The largest absolute Gasteiger partial charge is 0.504 e. The minimum absolute atomic E-state index is 0.0198. The highest BCUT2D eigenvalue weighted by Crippen LogP contribution is 2.29. The van der Waals surface area contributed by atoms with Crippen LogP contribution >= 0.6 is 15.9 Å². The Morgan fingerprint density at radius 1 is 1.30 bits per heavy atom. The molecule has 0 aliphatic rings. The summed E-state index contributed by atoms with van der Waals surface area (Å²) in [6, 6.07) is 10.2. The molecule has 0 radical (unpaired) electrons. The quantitative estimate of drug-likeness (QED) is 0.898. The van der Waals surface area contributed by atoms with Gasteiger partial charge in [0, 0.05) is 16.2 Å². The summed E-state index contributed by atoms with van der Waals surface area (Å²) in [6.45, 7) is 1.92. The average molecular weight is 336 g/mol. The minimum Gasteiger partial charge on any atom is -0.504 e. The number of aromatic hydroxyl groups is 1. The van der Waals surface area contributed by atoms with Crippen molar-refractivity contribution in [2.24, 2.45) is 0 Å². The van der Waals surface area contributed by atoms with Crippen LogP contribution in [0.1, 0.15) is 15.9 Å². The highest BCUT2D eigenvalue weighted by atomic mass is 79.9. The van der Waals surface area contributed by atoms with E-state index in [0.29, 0.717) is 17.0 Å². The zero-order chi connectivity index (χ0) is 14.7. The Balaban J connectivity index is 2.24. The summed E-state index contributed by atoms with van der Waals surface area (Å²) in [5.74, 6) is 0.0958. The van der Waals surface area contributed by atoms with Crippen molar-refractivity contribution in [1.29, 1.82) is 0 Å². The van der Waals surface area contributed by atoms with E-state index in [1.807, 2.05) is 19.1 Å². The lowest BCUT2D eigenvalue weighted by atomic mass is 10.1. The predicted molar refractivity (Wildman–Crippen MR) is 81.5 cm³/mol. The molecule has 2 rings (SSSR count). The van der Waals surface area contributed by atoms with Gasteiger partial charge in [-0.2, -0.15) is 0 Å². The third-order valence-corrected chi connectivity index (χ3v) is 3.93. The Kier molecular flexibility index (Phi) is 4.29. The van der Waals surface area contributed by atoms with E-state index in [9.17, 15) is 9.90 Å². The van der Waals surface area contributed by atoms with Crippen LogP contribution in [0.15, 0.2) is 40.9 Å². The summed E-state index contributed by atoms with van der Waals surface area (Å²) in [7, 11) is 1.47. The SMILES string of the molecule is COc1ccc(NC(=O)c2cccc(C)c2Br)cc1O. The third-order valence-electron chi connectivity index (χ3n) is 2.87. The molecule has 2 aromatic carbocycles. The molecule has 0 heterocycles. The maximum atomic E-state index is 12.2. The minimum atomic E-state index is -0.245. The number of ether oxygens (including phenoxy) is 1. The zero-order valence-corrected chi connectivity index (χ0v) is 12.7. The van der Waals surface area contributed by atoms with E-state index in [1.165, 1.54) is 13.2 Å². The fraction of sp³-hybridized carbons (Fsp3) is 0.133. The van der Waals surface area contributed by atoms with Crippen molar-refractivity contribution >= 4 is 27.5 Å². The van der Waals surface area contributed by atoms with E-state index in [1.54, 1.807) is 18.2 Å². The van der Waals surface area contributed by atoms with Gasteiger partial charge >= 0.3 is 0 Å². The molecule has 0 aliphatic carbocycles. The number of anilines is 1. The average Bonchev–Trinajstić information content (AvgIpc) is 2.42. The summed E-state index contributed by atoms with van der Waals surface area (Å²) in [4.78, 5) is 12.2. The molecule has 0 aromatic heterocycles. The first-order valence-corrected chi connectivity index (χ1v) is 6.75. The topological polar surface area (TPSA) is 58.6 Å². The molecule has 0 spiro atoms. The van der Waals surface area contributed by atoms with E-state index in [4.69, 9.17) is 4.74 Å². The van der Waals surface area contributed by atoms with Gasteiger partial charge in [-0.1, -0.05) is 12.1 Å². The van der Waals surface area contributed by atoms with Gasteiger partial charge in [0.05, 0.1) is 12.7 Å². The second-order valence-electron chi connectivity index (χ2n) is 4.28. The van der Waals surface area contributed by atoms with Gasteiger partial charge in [-0.15, -0.1) is 0 Å². The Hall–Kier alpha value is -2.01. The van der Waals surface area contributed by atoms with Gasteiger partial charge in [0.25, 0.3) is 5.91 Å². The van der Waals surface area contributed by atoms with E-state index in [-0.39, 0.29) is 11.7 Å². The van der Waals surface area contributed by atoms with Gasteiger partial charge < -0.3 is 15.2 Å². The zero-order valence-electron chi connectivity index (χ0n) is 11.1. The van der Waals surface area contributed by atoms with E-state index in [0.717, 1.165) is 10.0 Å². The van der Waals surface area contributed by atoms with Gasteiger partial charge in [0.15, 0.2) is 11.5 Å². The lowest BCUT2D eigenvalue weighted by Crippen LogP contribution is -2.12. The number of hydrogen-bond acceptors (Lipinski definition) is 3. The Morgan fingerprint density at radius 2 is 2.05 bits per heavy atom. The number of methoxy groups -OCH3 is 1. The number of phenolic OH excluding ortho intramolecular Hbond substituents is 1. The van der Waals surface area contributed by atoms with Gasteiger partial charge in [0.2, 0.25) is 0 Å². The molecule has 0 saturated heterocycles. The normalized spacial score (nSPS) is 10.2. The molecule has 0 bridgehead atoms. The Bertz CT molecular complexity index is 656. The summed E-state index contributed by atoms with van der Waals surface area (Å²) < 4.78 is 5.71. The molecule has 4 nitrogen and oxygen atoms in total. The van der Waals surface area contributed by atoms with Crippen LogP contribution in [0.5, 0.6) is 11.5 Å². The highest BCUT2D eigenvalue weighted by Gasteiger charge is 2.12. The van der Waals surface area contributed by atoms with Crippen LogP contribution in [0.3, 0.4) is 0 Å². The van der Waals surface area contributed by atoms with Gasteiger partial charge in [-0.05, 0) is 46.6 Å². The molecular formula is C15H14BrNO3. The summed E-state index contributed by atoms with van der Waals surface area (Å²) in [6.07, 6.45) is 0. The molecule has 2 aromatic rings. The van der Waals surface area contributed by atoms with Crippen molar-refractivity contribution in [2.75, 3.05) is 12.4 Å². The molecule has 0 unspecified atom stereocenters. The van der Waals surface area contributed by atoms with Gasteiger partial charge in [-0.25, -0.2) is 0 Å².